The predicted molar refractivity (Wildman–Crippen MR) is 393 cm³/mol. The van der Waals surface area contributed by atoms with E-state index in [9.17, 15) is 68.1 Å². The Labute approximate surface area is 633 Å². The predicted octanol–water partition coefficient (Wildman–Crippen LogP) is 5.55. The molecule has 104 heavy (non-hydrogen) atoms. The SMILES string of the molecule is CO.COC(=O)[C@H](CS)NC(=O)[C@@H](CC(=O)OC(C)(C)C)C(C)C.COC(=O)[C@H](CS[C@H]1C2C(=O)O[C@@H]3CC[C@H](C[C@@H]1C)[C@]23O)NC(=O)[C@@H](CC(=O)OC(C)(C)C)C(C)C.COC(=O)[C@H](CS[C@H]1C2C(=O)O[C@@H]3CC[C@H](C[C@@H]1C)[C@]23O)NC(=O)[C@@H](N)C(C)C.C[C@@H]1C=C2C(=O)O[C@@H]3CC[C@H](C1)[C@]23O.Cl. The van der Waals surface area contributed by atoms with Gasteiger partial charge in [-0.2, -0.15) is 36.2 Å². The van der Waals surface area contributed by atoms with Gasteiger partial charge in [-0.25, -0.2) is 19.2 Å². The van der Waals surface area contributed by atoms with E-state index < -0.39 is 130 Å². The van der Waals surface area contributed by atoms with Gasteiger partial charge < -0.3 is 80.0 Å². The van der Waals surface area contributed by atoms with Crippen LogP contribution in [0.4, 0.5) is 0 Å². The summed E-state index contributed by atoms with van der Waals surface area (Å²) >= 11 is 6.82. The zero-order chi connectivity index (χ0) is 77.9. The summed E-state index contributed by atoms with van der Waals surface area (Å²) in [5.41, 5.74) is 1.92. The molecule has 594 valence electrons. The fourth-order valence-electron chi connectivity index (χ4n) is 16.1. The Kier molecular flexibility index (Phi) is 33.8. The van der Waals surface area contributed by atoms with Crippen molar-refractivity contribution in [1.82, 2.24) is 16.0 Å². The second-order valence-corrected chi connectivity index (χ2v) is 34.7. The Morgan fingerprint density at radius 2 is 0.933 bits per heavy atom. The molecule has 8 fully saturated rings. The van der Waals surface area contributed by atoms with Gasteiger partial charge in [0.2, 0.25) is 17.7 Å². The molecule has 0 aromatic carbocycles. The van der Waals surface area contributed by atoms with Gasteiger partial charge in [-0.05, 0) is 153 Å². The van der Waals surface area contributed by atoms with E-state index in [4.69, 9.17) is 44.0 Å². The molecule has 0 spiro atoms. The molecule has 5 saturated carbocycles. The van der Waals surface area contributed by atoms with E-state index in [1.165, 1.54) is 44.9 Å². The quantitative estimate of drug-likeness (QED) is 0.0344. The molecule has 0 radical (unpaired) electrons. The number of nitrogens with two attached hydrogens (primary N) is 1. The number of esters is 8. The van der Waals surface area contributed by atoms with Gasteiger partial charge in [0.25, 0.3) is 0 Å². The first-order valence-corrected chi connectivity index (χ1v) is 38.8. The number of halogens is 1. The number of carbonyl (C=O) groups is 11. The molecule has 3 aliphatic heterocycles. The van der Waals surface area contributed by atoms with Crippen molar-refractivity contribution in [3.63, 3.8) is 0 Å². The molecule has 3 heterocycles. The lowest BCUT2D eigenvalue weighted by molar-refractivity contribution is -0.158. The average molecular weight is 1550 g/mol. The molecule has 3 saturated heterocycles. The number of hydrogen-bond acceptors (Lipinski definition) is 27. The summed E-state index contributed by atoms with van der Waals surface area (Å²) in [5.74, 6) is -6.25. The Bertz CT molecular complexity index is 3060. The first kappa shape index (κ1) is 91.4. The summed E-state index contributed by atoms with van der Waals surface area (Å²) in [6, 6.07) is -3.41. The molecule has 22 atom stereocenters. The number of amides is 3. The summed E-state index contributed by atoms with van der Waals surface area (Å²) in [7, 11) is 4.76. The number of thiol groups is 1. The van der Waals surface area contributed by atoms with E-state index in [0.717, 1.165) is 52.1 Å². The lowest BCUT2D eigenvalue weighted by atomic mass is 9.66. The van der Waals surface area contributed by atoms with Crippen molar-refractivity contribution < 1.29 is 111 Å². The topological polar surface area (TPSA) is 405 Å². The molecule has 9 aliphatic rings. The van der Waals surface area contributed by atoms with Crippen LogP contribution in [0.25, 0.3) is 0 Å². The molecule has 6 aliphatic carbocycles. The molecule has 31 heteroatoms. The van der Waals surface area contributed by atoms with Crippen molar-refractivity contribution >= 4 is 114 Å². The second-order valence-electron chi connectivity index (χ2n) is 31.9. The van der Waals surface area contributed by atoms with Crippen LogP contribution in [0, 0.1) is 76.9 Å². The summed E-state index contributed by atoms with van der Waals surface area (Å²) in [4.78, 5) is 135. The molecule has 3 amide bonds. The number of methoxy groups -OCH3 is 3. The lowest BCUT2D eigenvalue weighted by Gasteiger charge is -2.44. The van der Waals surface area contributed by atoms with Crippen molar-refractivity contribution in [1.29, 1.82) is 0 Å². The molecular weight excluding hydrogens is 1430 g/mol. The van der Waals surface area contributed by atoms with Crippen LogP contribution in [0.3, 0.4) is 0 Å². The molecular formula is C73H119ClN4O23S3. The number of carbonyl (C=O) groups excluding carboxylic acids is 11. The second kappa shape index (κ2) is 38.4. The summed E-state index contributed by atoms with van der Waals surface area (Å²) in [6.45, 7) is 27.8. The number of nitrogens with one attached hydrogen (secondary N) is 3. The smallest absolute Gasteiger partial charge is 0.337 e. The van der Waals surface area contributed by atoms with Crippen LogP contribution >= 0.6 is 48.6 Å². The van der Waals surface area contributed by atoms with E-state index in [2.05, 4.69) is 54.1 Å². The van der Waals surface area contributed by atoms with E-state index in [1.807, 2.05) is 47.6 Å². The van der Waals surface area contributed by atoms with Crippen LogP contribution in [0.2, 0.25) is 0 Å². The number of thioether (sulfide) groups is 2. The van der Waals surface area contributed by atoms with Crippen LogP contribution in [0.1, 0.15) is 174 Å². The van der Waals surface area contributed by atoms with Crippen LogP contribution in [0.15, 0.2) is 11.6 Å². The van der Waals surface area contributed by atoms with Gasteiger partial charge in [0, 0.05) is 34.9 Å². The number of allylic oxidation sites excluding steroid dienone is 1. The molecule has 0 bridgehead atoms. The molecule has 9 N–H and O–H groups in total. The highest BCUT2D eigenvalue weighted by molar-refractivity contribution is 8.00. The molecule has 2 unspecified atom stereocenters. The first-order valence-electron chi connectivity index (χ1n) is 36.1. The highest BCUT2D eigenvalue weighted by atomic mass is 35.5. The number of hydrogen-bond donors (Lipinski definition) is 9. The Morgan fingerprint density at radius 3 is 1.30 bits per heavy atom. The molecule has 0 aromatic rings. The average Bonchev–Trinajstić information content (AvgIpc) is 1.57. The lowest BCUT2D eigenvalue weighted by Crippen LogP contribution is -2.56. The van der Waals surface area contributed by atoms with Crippen molar-refractivity contribution in [2.45, 2.75) is 255 Å². The van der Waals surface area contributed by atoms with E-state index in [1.54, 1.807) is 41.5 Å². The van der Waals surface area contributed by atoms with Gasteiger partial charge in [0.15, 0.2) is 0 Å². The van der Waals surface area contributed by atoms with Gasteiger partial charge in [0.1, 0.15) is 76.3 Å². The van der Waals surface area contributed by atoms with E-state index in [0.29, 0.717) is 24.3 Å². The van der Waals surface area contributed by atoms with Crippen LogP contribution in [0.5, 0.6) is 0 Å². The van der Waals surface area contributed by atoms with Crippen LogP contribution in [-0.4, -0.2) is 213 Å². The Hall–Kier alpha value is -4.95. The fraction of sp³-hybridized carbons (Fsp3) is 0.822. The molecule has 0 aromatic heterocycles. The maximum Gasteiger partial charge on any atom is 0.337 e. The highest BCUT2D eigenvalue weighted by Gasteiger charge is 2.70. The number of aliphatic hydroxyl groups is 4. The number of aliphatic hydroxyl groups excluding tert-OH is 1. The third-order valence-corrected chi connectivity index (χ3v) is 25.0. The van der Waals surface area contributed by atoms with Crippen molar-refractivity contribution in [2.24, 2.45) is 82.7 Å². The Balaban J connectivity index is 0.000000303. The summed E-state index contributed by atoms with van der Waals surface area (Å²) < 4.78 is 41.2. The zero-order valence-electron chi connectivity index (χ0n) is 64.0. The van der Waals surface area contributed by atoms with Gasteiger partial charge in [-0.1, -0.05) is 68.4 Å². The molecule has 9 rings (SSSR count). The van der Waals surface area contributed by atoms with Gasteiger partial charge in [0.05, 0.1) is 57.6 Å². The van der Waals surface area contributed by atoms with Crippen molar-refractivity contribution in [3.05, 3.63) is 11.6 Å². The van der Waals surface area contributed by atoms with Gasteiger partial charge >= 0.3 is 47.8 Å². The largest absolute Gasteiger partial charge is 0.467 e. The third kappa shape index (κ3) is 21.5. The summed E-state index contributed by atoms with van der Waals surface area (Å²) in [5, 5.41) is 47.8. The highest BCUT2D eigenvalue weighted by Crippen LogP contribution is 2.60. The van der Waals surface area contributed by atoms with E-state index in [-0.39, 0.29) is 130 Å². The standard InChI is InChI=1S/C26H41NO8S.C20H32N2O6S.C15H27NO5S.C11H14O3.CH4O.ClH/c1-13(2)16(11-19(28)35-25(4,5)6)22(29)27-17(23(30)33-7)12-36-21-14(3)10-15-8-9-18-26(15,32)20(21)24(31)34-18;1-9(2)15(21)17(23)22-12(18(24)27-4)8-29-16-10(3)7-11-5-6-13-20(11,26)14(16)19(25)28-13;1-9(2)10(7-12(17)21-15(3,4)5)13(18)16-11(8-22)14(19)20-6;1-6-4-7-2-3-9-11(7,13)8(5-6)10(12)14-9;1-2;/h13-18,20-21,32H,8-12H2,1-7H3,(H,27,29);9-16,26H,5-8,21H2,1-4H3,(H,22,23);9-11,22H,7-8H2,1-6H3,(H,16,18);5-7,9,13H,2-4H2,1H3;2H,1H3;1H/t14-,15+,16-,17-,18+,20?,21+,26+;10-,11+,12-,13+,14?,15-,16+,20+;10-,11-;6-,7+,9+,11-;;/m0000../s1. The minimum absolute atomic E-state index is 0. The maximum absolute atomic E-state index is 13.2. The van der Waals surface area contributed by atoms with E-state index >= 15 is 0 Å². The number of ether oxygens (including phenoxy) is 8. The third-order valence-electron chi connectivity index (χ3n) is 21.3. The first-order chi connectivity index (χ1) is 47.9. The van der Waals surface area contributed by atoms with Crippen molar-refractivity contribution in [3.8, 4) is 0 Å². The summed E-state index contributed by atoms with van der Waals surface area (Å²) in [6.07, 6.45) is 8.01. The maximum atomic E-state index is 13.2. The van der Waals surface area contributed by atoms with Crippen molar-refractivity contribution in [2.75, 3.05) is 45.7 Å². The van der Waals surface area contributed by atoms with Gasteiger partial charge in [-0.3, -0.25) is 33.6 Å². The zero-order valence-corrected chi connectivity index (χ0v) is 67.3. The Morgan fingerprint density at radius 1 is 0.567 bits per heavy atom. The number of rotatable bonds is 23. The van der Waals surface area contributed by atoms with Gasteiger partial charge in [-0.15, -0.1) is 12.4 Å². The molecule has 27 nitrogen and oxygen atoms in total. The monoisotopic (exact) mass is 1550 g/mol. The van der Waals surface area contributed by atoms with Crippen LogP contribution < -0.4 is 21.7 Å². The minimum Gasteiger partial charge on any atom is -0.467 e. The normalized spacial score (nSPS) is 31.7. The fourth-order valence-corrected chi connectivity index (χ4v) is 19.5. The minimum atomic E-state index is -1.17. The van der Waals surface area contributed by atoms with Crippen LogP contribution in [-0.2, 0) is 90.6 Å².